The van der Waals surface area contributed by atoms with E-state index in [1.807, 2.05) is 12.1 Å². The Hall–Kier alpha value is -1.28. The highest BCUT2D eigenvalue weighted by Gasteiger charge is 2.28. The molecule has 1 aromatic carbocycles. The molecule has 2 N–H and O–H groups in total. The molecule has 3 rings (SSSR count). The molecule has 20 heavy (non-hydrogen) atoms. The summed E-state index contributed by atoms with van der Waals surface area (Å²) in [6, 6.07) is 8.44. The van der Waals surface area contributed by atoms with E-state index in [0.29, 0.717) is 5.92 Å². The largest absolute Gasteiger partial charge is 0.461 e. The third-order valence-electron chi connectivity index (χ3n) is 4.93. The average molecular weight is 271 g/mol. The van der Waals surface area contributed by atoms with Crippen LogP contribution in [-0.2, 0) is 6.42 Å². The molecule has 1 unspecified atom stereocenters. The molecule has 0 saturated heterocycles. The predicted molar refractivity (Wildman–Crippen MR) is 83.6 cm³/mol. The lowest BCUT2D eigenvalue weighted by Crippen LogP contribution is -2.26. The normalized spacial score (nSPS) is 24.9. The van der Waals surface area contributed by atoms with Gasteiger partial charge in [-0.2, -0.15) is 0 Å². The zero-order valence-electron chi connectivity index (χ0n) is 12.6. The van der Waals surface area contributed by atoms with Crippen molar-refractivity contribution in [1.82, 2.24) is 0 Å². The fourth-order valence-corrected chi connectivity index (χ4v) is 3.62. The Labute approximate surface area is 121 Å². The van der Waals surface area contributed by atoms with Gasteiger partial charge in [0.05, 0.1) is 0 Å². The average Bonchev–Trinajstić information content (AvgIpc) is 2.85. The fraction of sp³-hybridized carbons (Fsp3) is 0.556. The van der Waals surface area contributed by atoms with E-state index in [4.69, 9.17) is 10.2 Å². The zero-order valence-corrected chi connectivity index (χ0v) is 12.6. The molecule has 2 heteroatoms. The molecule has 0 bridgehead atoms. The predicted octanol–water partition coefficient (Wildman–Crippen LogP) is 4.82. The van der Waals surface area contributed by atoms with Crippen molar-refractivity contribution < 1.29 is 4.42 Å². The molecule has 108 valence electrons. The highest BCUT2D eigenvalue weighted by Crippen LogP contribution is 2.40. The Kier molecular flexibility index (Phi) is 3.84. The van der Waals surface area contributed by atoms with Crippen LogP contribution in [0, 0.1) is 11.8 Å². The molecule has 1 heterocycles. The maximum atomic E-state index is 6.64. The molecule has 1 fully saturated rings. The van der Waals surface area contributed by atoms with E-state index in [9.17, 15) is 0 Å². The van der Waals surface area contributed by atoms with Crippen molar-refractivity contribution in [3.63, 3.8) is 0 Å². The van der Waals surface area contributed by atoms with Gasteiger partial charge in [-0.3, -0.25) is 0 Å². The number of hydrogen-bond donors (Lipinski definition) is 1. The molecular formula is C18H25NO. The zero-order chi connectivity index (χ0) is 14.1. The molecule has 0 amide bonds. The molecule has 2 aromatic rings. The van der Waals surface area contributed by atoms with Crippen molar-refractivity contribution >= 4 is 11.0 Å². The SMILES string of the molecule is CCc1oc2ccccc2c1C(N)C1CCC(C)CC1. The van der Waals surface area contributed by atoms with Crippen molar-refractivity contribution in [2.45, 2.75) is 52.0 Å². The summed E-state index contributed by atoms with van der Waals surface area (Å²) in [5, 5.41) is 1.22. The second kappa shape index (κ2) is 5.61. The quantitative estimate of drug-likeness (QED) is 0.869. The number of fused-ring (bicyclic) bond motifs is 1. The Balaban J connectivity index is 1.96. The molecule has 0 spiro atoms. The second-order valence-electron chi connectivity index (χ2n) is 6.33. The highest BCUT2D eigenvalue weighted by molar-refractivity contribution is 5.82. The van der Waals surface area contributed by atoms with E-state index in [0.717, 1.165) is 23.7 Å². The molecule has 0 radical (unpaired) electrons. The summed E-state index contributed by atoms with van der Waals surface area (Å²) in [4.78, 5) is 0. The van der Waals surface area contributed by atoms with Crippen LogP contribution in [0.1, 0.15) is 56.9 Å². The van der Waals surface area contributed by atoms with E-state index in [2.05, 4.69) is 26.0 Å². The smallest absolute Gasteiger partial charge is 0.134 e. The van der Waals surface area contributed by atoms with Crippen molar-refractivity contribution in [1.29, 1.82) is 0 Å². The third kappa shape index (κ3) is 2.37. The molecule has 0 aliphatic heterocycles. The summed E-state index contributed by atoms with van der Waals surface area (Å²) >= 11 is 0. The van der Waals surface area contributed by atoms with Crippen LogP contribution in [0.5, 0.6) is 0 Å². The van der Waals surface area contributed by atoms with Crippen LogP contribution in [0.25, 0.3) is 11.0 Å². The number of furan rings is 1. The summed E-state index contributed by atoms with van der Waals surface area (Å²) in [6.07, 6.45) is 6.06. The highest BCUT2D eigenvalue weighted by atomic mass is 16.3. The van der Waals surface area contributed by atoms with Gasteiger partial charge in [-0.1, -0.05) is 44.9 Å². The van der Waals surface area contributed by atoms with Crippen LogP contribution < -0.4 is 5.73 Å². The molecule has 2 nitrogen and oxygen atoms in total. The summed E-state index contributed by atoms with van der Waals surface area (Å²) < 4.78 is 6.00. The van der Waals surface area contributed by atoms with E-state index in [1.54, 1.807) is 0 Å². The van der Waals surface area contributed by atoms with Gasteiger partial charge >= 0.3 is 0 Å². The first-order valence-corrected chi connectivity index (χ1v) is 7.96. The van der Waals surface area contributed by atoms with Gasteiger partial charge in [-0.15, -0.1) is 0 Å². The molecule has 1 aliphatic rings. The van der Waals surface area contributed by atoms with Crippen LogP contribution in [-0.4, -0.2) is 0 Å². The van der Waals surface area contributed by atoms with Gasteiger partial charge < -0.3 is 10.2 Å². The summed E-state index contributed by atoms with van der Waals surface area (Å²) in [5.41, 5.74) is 8.89. The second-order valence-corrected chi connectivity index (χ2v) is 6.33. The van der Waals surface area contributed by atoms with Gasteiger partial charge in [-0.05, 0) is 30.7 Å². The number of rotatable bonds is 3. The van der Waals surface area contributed by atoms with Crippen molar-refractivity contribution in [3.05, 3.63) is 35.6 Å². The number of para-hydroxylation sites is 1. The number of benzene rings is 1. The van der Waals surface area contributed by atoms with Crippen LogP contribution in [0.2, 0.25) is 0 Å². The molecule has 1 atom stereocenters. The van der Waals surface area contributed by atoms with Crippen LogP contribution in [0.15, 0.2) is 28.7 Å². The lowest BCUT2D eigenvalue weighted by molar-refractivity contribution is 0.255. The van der Waals surface area contributed by atoms with Crippen molar-refractivity contribution in [2.24, 2.45) is 17.6 Å². The number of aryl methyl sites for hydroxylation is 1. The first-order chi connectivity index (χ1) is 9.70. The van der Waals surface area contributed by atoms with E-state index in [-0.39, 0.29) is 6.04 Å². The van der Waals surface area contributed by atoms with Gasteiger partial charge in [0.15, 0.2) is 0 Å². The van der Waals surface area contributed by atoms with Crippen LogP contribution in [0.3, 0.4) is 0 Å². The number of hydrogen-bond acceptors (Lipinski definition) is 2. The van der Waals surface area contributed by atoms with Gasteiger partial charge in [0.25, 0.3) is 0 Å². The number of nitrogens with two attached hydrogens (primary N) is 1. The van der Waals surface area contributed by atoms with E-state index < -0.39 is 0 Å². The van der Waals surface area contributed by atoms with E-state index >= 15 is 0 Å². The van der Waals surface area contributed by atoms with Gasteiger partial charge in [0, 0.05) is 23.4 Å². The monoisotopic (exact) mass is 271 g/mol. The molecular weight excluding hydrogens is 246 g/mol. The fourth-order valence-electron chi connectivity index (χ4n) is 3.62. The molecule has 1 saturated carbocycles. The van der Waals surface area contributed by atoms with Crippen LogP contribution in [0.4, 0.5) is 0 Å². The minimum Gasteiger partial charge on any atom is -0.461 e. The van der Waals surface area contributed by atoms with Crippen LogP contribution >= 0.6 is 0 Å². The first-order valence-electron chi connectivity index (χ1n) is 7.96. The lowest BCUT2D eigenvalue weighted by atomic mass is 9.77. The molecule has 1 aromatic heterocycles. The summed E-state index contributed by atoms with van der Waals surface area (Å²) in [7, 11) is 0. The topological polar surface area (TPSA) is 39.2 Å². The summed E-state index contributed by atoms with van der Waals surface area (Å²) in [5.74, 6) is 2.56. The summed E-state index contributed by atoms with van der Waals surface area (Å²) in [6.45, 7) is 4.50. The maximum Gasteiger partial charge on any atom is 0.134 e. The lowest BCUT2D eigenvalue weighted by Gasteiger charge is -2.30. The molecule has 1 aliphatic carbocycles. The maximum absolute atomic E-state index is 6.64. The van der Waals surface area contributed by atoms with Gasteiger partial charge in [-0.25, -0.2) is 0 Å². The minimum atomic E-state index is 0.126. The van der Waals surface area contributed by atoms with Crippen molar-refractivity contribution in [2.75, 3.05) is 0 Å². The Morgan fingerprint density at radius 1 is 1.20 bits per heavy atom. The Bertz CT molecular complexity index is 578. The Morgan fingerprint density at radius 3 is 2.60 bits per heavy atom. The van der Waals surface area contributed by atoms with E-state index in [1.165, 1.54) is 36.6 Å². The van der Waals surface area contributed by atoms with Crippen molar-refractivity contribution in [3.8, 4) is 0 Å². The van der Waals surface area contributed by atoms with Gasteiger partial charge in [0.1, 0.15) is 11.3 Å². The first kappa shape index (κ1) is 13.7. The third-order valence-corrected chi connectivity index (χ3v) is 4.93. The van der Waals surface area contributed by atoms with Gasteiger partial charge in [0.2, 0.25) is 0 Å². The minimum absolute atomic E-state index is 0.126. The Morgan fingerprint density at radius 2 is 1.90 bits per heavy atom. The standard InChI is InChI=1S/C18H25NO/c1-3-15-17(14-6-4-5-7-16(14)20-15)18(19)13-10-8-12(2)9-11-13/h4-7,12-13,18H,3,8-11,19H2,1-2H3.